The first-order chi connectivity index (χ1) is 10.3. The lowest BCUT2D eigenvalue weighted by molar-refractivity contribution is 0.102. The Labute approximate surface area is 122 Å². The van der Waals surface area contributed by atoms with Crippen LogP contribution in [0.15, 0.2) is 54.9 Å². The molecule has 2 aromatic heterocycles. The highest BCUT2D eigenvalue weighted by molar-refractivity contribution is 6.04. The smallest absolute Gasteiger partial charge is 0.274 e. The fourth-order valence-corrected chi connectivity index (χ4v) is 2.04. The Morgan fingerprint density at radius 1 is 1.05 bits per heavy atom. The van der Waals surface area contributed by atoms with E-state index in [-0.39, 0.29) is 5.91 Å². The molecule has 2 N–H and O–H groups in total. The van der Waals surface area contributed by atoms with Crippen LogP contribution in [0, 0.1) is 0 Å². The van der Waals surface area contributed by atoms with Crippen molar-refractivity contribution >= 4 is 28.2 Å². The van der Waals surface area contributed by atoms with Gasteiger partial charge < -0.3 is 10.6 Å². The molecule has 3 rings (SSSR count). The third-order valence-electron chi connectivity index (χ3n) is 3.13. The van der Waals surface area contributed by atoms with E-state index in [2.05, 4.69) is 20.6 Å². The number of nitrogens with zero attached hydrogens (tertiary/aromatic N) is 2. The molecule has 0 unspecified atom stereocenters. The lowest BCUT2D eigenvalue weighted by atomic mass is 10.2. The number of amides is 1. The van der Waals surface area contributed by atoms with E-state index in [9.17, 15) is 4.79 Å². The Kier molecular flexibility index (Phi) is 3.47. The molecule has 0 aliphatic heterocycles. The number of aromatic nitrogens is 2. The van der Waals surface area contributed by atoms with Gasteiger partial charge in [0.2, 0.25) is 0 Å². The van der Waals surface area contributed by atoms with Crippen molar-refractivity contribution in [2.75, 3.05) is 17.7 Å². The number of fused-ring (bicyclic) bond motifs is 1. The first-order valence-corrected chi connectivity index (χ1v) is 6.56. The van der Waals surface area contributed by atoms with E-state index >= 15 is 0 Å². The molecule has 0 atom stereocenters. The van der Waals surface area contributed by atoms with E-state index in [4.69, 9.17) is 0 Å². The summed E-state index contributed by atoms with van der Waals surface area (Å²) in [7, 11) is 1.80. The second-order valence-corrected chi connectivity index (χ2v) is 4.55. The highest BCUT2D eigenvalue weighted by Crippen LogP contribution is 2.17. The number of anilines is 2. The molecule has 0 spiro atoms. The van der Waals surface area contributed by atoms with Crippen LogP contribution in [0.1, 0.15) is 10.5 Å². The molecule has 2 heterocycles. The molecule has 0 radical (unpaired) electrons. The fourth-order valence-electron chi connectivity index (χ4n) is 2.04. The van der Waals surface area contributed by atoms with Crippen molar-refractivity contribution in [3.8, 4) is 0 Å². The molecule has 1 aromatic carbocycles. The van der Waals surface area contributed by atoms with Crippen molar-refractivity contribution in [2.24, 2.45) is 0 Å². The van der Waals surface area contributed by atoms with Crippen molar-refractivity contribution in [1.29, 1.82) is 0 Å². The maximum absolute atomic E-state index is 12.2. The first-order valence-electron chi connectivity index (χ1n) is 6.56. The van der Waals surface area contributed by atoms with Crippen LogP contribution >= 0.6 is 0 Å². The van der Waals surface area contributed by atoms with E-state index in [1.807, 2.05) is 30.3 Å². The van der Waals surface area contributed by atoms with Gasteiger partial charge in [0.1, 0.15) is 5.69 Å². The molecule has 1 amide bonds. The maximum atomic E-state index is 12.2. The Balaban J connectivity index is 1.85. The summed E-state index contributed by atoms with van der Waals surface area (Å²) in [5.74, 6) is -0.260. The molecule has 3 aromatic rings. The summed E-state index contributed by atoms with van der Waals surface area (Å²) in [4.78, 5) is 20.6. The number of hydrogen-bond donors (Lipinski definition) is 2. The summed E-state index contributed by atoms with van der Waals surface area (Å²) in [5, 5.41) is 6.77. The zero-order chi connectivity index (χ0) is 14.7. The SMILES string of the molecule is CNc1ccnc(C(=O)Nc2cnc3ccccc3c2)c1. The molecule has 0 fully saturated rings. The molecule has 0 aliphatic rings. The van der Waals surface area contributed by atoms with Gasteiger partial charge in [0.05, 0.1) is 17.4 Å². The van der Waals surface area contributed by atoms with Crippen LogP contribution in [0.25, 0.3) is 10.9 Å². The maximum Gasteiger partial charge on any atom is 0.274 e. The largest absolute Gasteiger partial charge is 0.388 e. The number of pyridine rings is 2. The van der Waals surface area contributed by atoms with Crippen molar-refractivity contribution in [2.45, 2.75) is 0 Å². The average molecular weight is 278 g/mol. The summed E-state index contributed by atoms with van der Waals surface area (Å²) in [6.45, 7) is 0. The zero-order valence-electron chi connectivity index (χ0n) is 11.5. The van der Waals surface area contributed by atoms with Gasteiger partial charge in [-0.2, -0.15) is 0 Å². The molecule has 104 valence electrons. The highest BCUT2D eigenvalue weighted by atomic mass is 16.1. The third kappa shape index (κ3) is 2.81. The summed E-state index contributed by atoms with van der Waals surface area (Å²) < 4.78 is 0. The van der Waals surface area contributed by atoms with Crippen molar-refractivity contribution < 1.29 is 4.79 Å². The zero-order valence-corrected chi connectivity index (χ0v) is 11.5. The van der Waals surface area contributed by atoms with Gasteiger partial charge >= 0.3 is 0 Å². The number of carbonyl (C=O) groups excluding carboxylic acids is 1. The van der Waals surface area contributed by atoms with Gasteiger partial charge in [-0.25, -0.2) is 0 Å². The van der Waals surface area contributed by atoms with Crippen LogP contribution in [0.4, 0.5) is 11.4 Å². The molecule has 0 saturated heterocycles. The molecule has 0 saturated carbocycles. The van der Waals surface area contributed by atoms with E-state index in [0.717, 1.165) is 16.6 Å². The Morgan fingerprint density at radius 3 is 2.76 bits per heavy atom. The summed E-state index contributed by atoms with van der Waals surface area (Å²) in [6.07, 6.45) is 3.24. The Morgan fingerprint density at radius 2 is 1.90 bits per heavy atom. The molecule has 5 heteroatoms. The predicted octanol–water partition coefficient (Wildman–Crippen LogP) is 2.92. The van der Waals surface area contributed by atoms with Gasteiger partial charge in [-0.05, 0) is 24.3 Å². The Hall–Kier alpha value is -2.95. The number of hydrogen-bond acceptors (Lipinski definition) is 4. The Bertz CT molecular complexity index is 801. The molecular weight excluding hydrogens is 264 g/mol. The average Bonchev–Trinajstić information content (AvgIpc) is 2.54. The summed E-state index contributed by atoms with van der Waals surface area (Å²) >= 11 is 0. The van der Waals surface area contributed by atoms with Gasteiger partial charge in [-0.3, -0.25) is 14.8 Å². The number of nitrogens with one attached hydrogen (secondary N) is 2. The topological polar surface area (TPSA) is 66.9 Å². The molecule has 21 heavy (non-hydrogen) atoms. The second kappa shape index (κ2) is 5.58. The summed E-state index contributed by atoms with van der Waals surface area (Å²) in [6, 6.07) is 13.1. The van der Waals surface area contributed by atoms with Crippen molar-refractivity contribution in [3.63, 3.8) is 0 Å². The van der Waals surface area contributed by atoms with Crippen molar-refractivity contribution in [1.82, 2.24) is 9.97 Å². The predicted molar refractivity (Wildman–Crippen MR) is 83.5 cm³/mol. The first kappa shape index (κ1) is 13.1. The minimum atomic E-state index is -0.260. The van der Waals surface area contributed by atoms with E-state index in [0.29, 0.717) is 11.4 Å². The molecular formula is C16H14N4O. The quantitative estimate of drug-likeness (QED) is 0.773. The normalized spacial score (nSPS) is 10.3. The number of benzene rings is 1. The number of rotatable bonds is 3. The van der Waals surface area contributed by atoms with Gasteiger partial charge in [0, 0.05) is 24.3 Å². The lowest BCUT2D eigenvalue weighted by Gasteiger charge is -2.07. The van der Waals surface area contributed by atoms with Crippen LogP contribution in [-0.4, -0.2) is 22.9 Å². The summed E-state index contributed by atoms with van der Waals surface area (Å²) in [5.41, 5.74) is 2.74. The van der Waals surface area contributed by atoms with Crippen LogP contribution in [-0.2, 0) is 0 Å². The van der Waals surface area contributed by atoms with Crippen LogP contribution in [0.5, 0.6) is 0 Å². The van der Waals surface area contributed by atoms with Gasteiger partial charge in [0.25, 0.3) is 5.91 Å². The van der Waals surface area contributed by atoms with Gasteiger partial charge in [-0.15, -0.1) is 0 Å². The second-order valence-electron chi connectivity index (χ2n) is 4.55. The van der Waals surface area contributed by atoms with Crippen molar-refractivity contribution in [3.05, 3.63) is 60.6 Å². The lowest BCUT2D eigenvalue weighted by Crippen LogP contribution is -2.14. The minimum Gasteiger partial charge on any atom is -0.388 e. The standard InChI is InChI=1S/C16H14N4O/c1-17-12-6-7-18-15(9-12)16(21)20-13-8-11-4-2-3-5-14(11)19-10-13/h2-10H,1H3,(H,17,18)(H,20,21). The third-order valence-corrected chi connectivity index (χ3v) is 3.13. The minimum absolute atomic E-state index is 0.260. The number of para-hydroxylation sites is 1. The van der Waals surface area contributed by atoms with E-state index < -0.39 is 0 Å². The van der Waals surface area contributed by atoms with Crippen LogP contribution in [0.2, 0.25) is 0 Å². The fraction of sp³-hybridized carbons (Fsp3) is 0.0625. The molecule has 0 aliphatic carbocycles. The van der Waals surface area contributed by atoms with Crippen LogP contribution in [0.3, 0.4) is 0 Å². The monoisotopic (exact) mass is 278 g/mol. The highest BCUT2D eigenvalue weighted by Gasteiger charge is 2.08. The van der Waals surface area contributed by atoms with E-state index in [1.165, 1.54) is 0 Å². The van der Waals surface area contributed by atoms with Gasteiger partial charge in [-0.1, -0.05) is 18.2 Å². The molecule has 5 nitrogen and oxygen atoms in total. The number of carbonyl (C=O) groups is 1. The van der Waals surface area contributed by atoms with Gasteiger partial charge in [0.15, 0.2) is 0 Å². The van der Waals surface area contributed by atoms with E-state index in [1.54, 1.807) is 31.6 Å². The van der Waals surface area contributed by atoms with Crippen LogP contribution < -0.4 is 10.6 Å². The molecule has 0 bridgehead atoms.